The molecular weight excluding hydrogens is 274 g/mol. The van der Waals surface area contributed by atoms with Crippen LogP contribution in [-0.2, 0) is 6.42 Å². The van der Waals surface area contributed by atoms with E-state index in [-0.39, 0.29) is 11.7 Å². The van der Waals surface area contributed by atoms with Gasteiger partial charge in [0.1, 0.15) is 5.69 Å². The van der Waals surface area contributed by atoms with Crippen molar-refractivity contribution in [1.29, 1.82) is 0 Å². The van der Waals surface area contributed by atoms with E-state index in [1.807, 2.05) is 0 Å². The molecule has 0 unspecified atom stereocenters. The fourth-order valence-corrected chi connectivity index (χ4v) is 2.43. The topological polar surface area (TPSA) is 85.1 Å². The van der Waals surface area contributed by atoms with Gasteiger partial charge in [-0.2, -0.15) is 0 Å². The monoisotopic (exact) mass is 289 g/mol. The normalized spacial score (nSPS) is 10.3. The quantitative estimate of drug-likeness (QED) is 0.825. The maximum atomic E-state index is 12.0. The van der Waals surface area contributed by atoms with Crippen molar-refractivity contribution < 1.29 is 9.59 Å². The first-order valence-corrected chi connectivity index (χ1v) is 7.05. The molecule has 0 aliphatic heterocycles. The molecule has 0 spiro atoms. The second-order valence-corrected chi connectivity index (χ2v) is 5.20. The molecule has 20 heavy (non-hydrogen) atoms. The van der Waals surface area contributed by atoms with Crippen LogP contribution in [0.4, 0.5) is 5.69 Å². The first-order valence-electron chi connectivity index (χ1n) is 6.17. The summed E-state index contributed by atoms with van der Waals surface area (Å²) in [5.74, 6) is -0.270. The van der Waals surface area contributed by atoms with Gasteiger partial charge in [0.2, 0.25) is 0 Å². The summed E-state index contributed by atoms with van der Waals surface area (Å²) >= 11 is 1.42. The Morgan fingerprint density at radius 3 is 2.60 bits per heavy atom. The second-order valence-electron chi connectivity index (χ2n) is 4.25. The number of hydrogen-bond donors (Lipinski definition) is 2. The molecule has 104 valence electrons. The summed E-state index contributed by atoms with van der Waals surface area (Å²) < 4.78 is 0. The third-order valence-corrected chi connectivity index (χ3v) is 3.60. The van der Waals surface area contributed by atoms with E-state index in [0.29, 0.717) is 29.9 Å². The lowest BCUT2D eigenvalue weighted by Gasteiger charge is -2.03. The number of anilines is 1. The van der Waals surface area contributed by atoms with Gasteiger partial charge in [0.05, 0.1) is 5.01 Å². The highest BCUT2D eigenvalue weighted by atomic mass is 32.1. The lowest BCUT2D eigenvalue weighted by molar-refractivity contribution is 0.101. The minimum absolute atomic E-state index is 0.00574. The van der Waals surface area contributed by atoms with Crippen molar-refractivity contribution in [3.05, 3.63) is 45.9 Å². The summed E-state index contributed by atoms with van der Waals surface area (Å²) in [4.78, 5) is 27.4. The number of nitrogens with two attached hydrogens (primary N) is 1. The van der Waals surface area contributed by atoms with Crippen LogP contribution in [0.3, 0.4) is 0 Å². The van der Waals surface area contributed by atoms with Crippen molar-refractivity contribution in [3.63, 3.8) is 0 Å². The van der Waals surface area contributed by atoms with E-state index in [4.69, 9.17) is 5.73 Å². The van der Waals surface area contributed by atoms with Gasteiger partial charge in [-0.25, -0.2) is 4.98 Å². The average Bonchev–Trinajstić information content (AvgIpc) is 2.88. The predicted molar refractivity (Wildman–Crippen MR) is 79.3 cm³/mol. The number of thiazole rings is 1. The highest BCUT2D eigenvalue weighted by molar-refractivity contribution is 7.09. The van der Waals surface area contributed by atoms with Crippen molar-refractivity contribution in [1.82, 2.24) is 4.98 Å². The van der Waals surface area contributed by atoms with Crippen molar-refractivity contribution in [2.45, 2.75) is 13.3 Å². The van der Waals surface area contributed by atoms with Gasteiger partial charge in [-0.15, -0.1) is 11.3 Å². The van der Waals surface area contributed by atoms with E-state index in [0.717, 1.165) is 5.01 Å². The van der Waals surface area contributed by atoms with Crippen LogP contribution in [0.5, 0.6) is 0 Å². The smallest absolute Gasteiger partial charge is 0.275 e. The van der Waals surface area contributed by atoms with E-state index in [9.17, 15) is 9.59 Å². The summed E-state index contributed by atoms with van der Waals surface area (Å²) in [6.45, 7) is 2.02. The number of carbonyl (C=O) groups is 2. The molecule has 6 heteroatoms. The van der Waals surface area contributed by atoms with Crippen LogP contribution in [0, 0.1) is 0 Å². The zero-order valence-electron chi connectivity index (χ0n) is 11.1. The lowest BCUT2D eigenvalue weighted by Crippen LogP contribution is -2.12. The number of carbonyl (C=O) groups excluding carboxylic acids is 2. The van der Waals surface area contributed by atoms with Gasteiger partial charge in [0.25, 0.3) is 5.91 Å². The molecule has 0 bridgehead atoms. The van der Waals surface area contributed by atoms with Crippen LogP contribution in [0.1, 0.15) is 32.8 Å². The Morgan fingerprint density at radius 1 is 1.30 bits per heavy atom. The predicted octanol–water partition coefficient (Wildman–Crippen LogP) is 2.10. The number of aromatic nitrogens is 1. The fraction of sp³-hybridized carbons (Fsp3) is 0.214. The standard InChI is InChI=1S/C14H15N3O2S/c1-9(18)10-2-4-11(5-3-10)16-14(19)12-8-20-13(17-12)6-7-15/h2-5,8H,6-7,15H2,1H3,(H,16,19). The summed E-state index contributed by atoms with van der Waals surface area (Å²) in [6.07, 6.45) is 0.672. The molecule has 0 aliphatic carbocycles. The number of hydrogen-bond acceptors (Lipinski definition) is 5. The zero-order chi connectivity index (χ0) is 14.5. The molecule has 1 aromatic carbocycles. The number of Topliss-reactive ketones (excluding diaryl/α,β-unsaturated/α-hetero) is 1. The second kappa shape index (κ2) is 6.40. The van der Waals surface area contributed by atoms with Crippen LogP contribution >= 0.6 is 11.3 Å². The first kappa shape index (κ1) is 14.4. The van der Waals surface area contributed by atoms with Gasteiger partial charge in [-0.1, -0.05) is 0 Å². The molecule has 3 N–H and O–H groups in total. The molecule has 1 amide bonds. The Bertz CT molecular complexity index is 620. The molecule has 0 saturated heterocycles. The number of benzene rings is 1. The molecular formula is C14H15N3O2S. The molecule has 5 nitrogen and oxygen atoms in total. The minimum Gasteiger partial charge on any atom is -0.330 e. The molecule has 0 atom stereocenters. The van der Waals surface area contributed by atoms with Crippen molar-refractivity contribution in [2.75, 3.05) is 11.9 Å². The van der Waals surface area contributed by atoms with Gasteiger partial charge in [-0.05, 0) is 37.7 Å². The van der Waals surface area contributed by atoms with Gasteiger partial charge in [0.15, 0.2) is 5.78 Å². The van der Waals surface area contributed by atoms with E-state index < -0.39 is 0 Å². The van der Waals surface area contributed by atoms with Crippen molar-refractivity contribution >= 4 is 28.7 Å². The SMILES string of the molecule is CC(=O)c1ccc(NC(=O)c2csc(CCN)n2)cc1. The largest absolute Gasteiger partial charge is 0.330 e. The van der Waals surface area contributed by atoms with Crippen LogP contribution in [0.2, 0.25) is 0 Å². The highest BCUT2D eigenvalue weighted by Gasteiger charge is 2.11. The number of nitrogens with one attached hydrogen (secondary N) is 1. The lowest BCUT2D eigenvalue weighted by atomic mass is 10.1. The Morgan fingerprint density at radius 2 is 2.00 bits per heavy atom. The first-order chi connectivity index (χ1) is 9.60. The summed E-state index contributed by atoms with van der Waals surface area (Å²) in [5.41, 5.74) is 7.08. The van der Waals surface area contributed by atoms with Crippen LogP contribution in [0.25, 0.3) is 0 Å². The molecule has 2 aromatic rings. The van der Waals surface area contributed by atoms with Crippen LogP contribution < -0.4 is 11.1 Å². The van der Waals surface area contributed by atoms with Gasteiger partial charge >= 0.3 is 0 Å². The number of amides is 1. The van der Waals surface area contributed by atoms with Gasteiger partial charge in [-0.3, -0.25) is 9.59 Å². The third-order valence-electron chi connectivity index (χ3n) is 2.69. The van der Waals surface area contributed by atoms with Gasteiger partial charge < -0.3 is 11.1 Å². The molecule has 1 heterocycles. The zero-order valence-corrected chi connectivity index (χ0v) is 11.9. The minimum atomic E-state index is -0.264. The Labute approximate surface area is 120 Å². The third kappa shape index (κ3) is 3.49. The molecule has 2 rings (SSSR count). The fourth-order valence-electron chi connectivity index (χ4n) is 1.64. The van der Waals surface area contributed by atoms with E-state index in [2.05, 4.69) is 10.3 Å². The molecule has 0 saturated carbocycles. The average molecular weight is 289 g/mol. The summed E-state index contributed by atoms with van der Waals surface area (Å²) in [7, 11) is 0. The molecule has 0 aliphatic rings. The molecule has 0 radical (unpaired) electrons. The highest BCUT2D eigenvalue weighted by Crippen LogP contribution is 2.14. The summed E-state index contributed by atoms with van der Waals surface area (Å²) in [6, 6.07) is 6.75. The number of ketones is 1. The van der Waals surface area contributed by atoms with Crippen LogP contribution in [-0.4, -0.2) is 23.2 Å². The van der Waals surface area contributed by atoms with E-state index in [1.165, 1.54) is 18.3 Å². The molecule has 1 aromatic heterocycles. The number of rotatable bonds is 5. The molecule has 0 fully saturated rings. The summed E-state index contributed by atoms with van der Waals surface area (Å²) in [5, 5.41) is 5.31. The Balaban J connectivity index is 2.04. The van der Waals surface area contributed by atoms with E-state index in [1.54, 1.807) is 29.6 Å². The maximum Gasteiger partial charge on any atom is 0.275 e. The van der Waals surface area contributed by atoms with Crippen LogP contribution in [0.15, 0.2) is 29.6 Å². The number of nitrogens with zero attached hydrogens (tertiary/aromatic N) is 1. The Kier molecular flexibility index (Phi) is 4.60. The maximum absolute atomic E-state index is 12.0. The van der Waals surface area contributed by atoms with Gasteiger partial charge in [0, 0.05) is 23.1 Å². The van der Waals surface area contributed by atoms with Crippen molar-refractivity contribution in [3.8, 4) is 0 Å². The van der Waals surface area contributed by atoms with Crippen molar-refractivity contribution in [2.24, 2.45) is 5.73 Å². The Hall–Kier alpha value is -2.05. The van der Waals surface area contributed by atoms with E-state index >= 15 is 0 Å².